The number of aromatic nitrogens is 2. The largest absolute Gasteiger partial charge is 0.505 e. The molecule has 0 spiro atoms. The van der Waals surface area contributed by atoms with E-state index >= 15 is 0 Å². The molecule has 1 amide bonds. The van der Waals surface area contributed by atoms with Crippen LogP contribution in [0.25, 0.3) is 11.0 Å². The van der Waals surface area contributed by atoms with E-state index in [1.54, 1.807) is 18.2 Å². The Hall–Kier alpha value is -3.35. The maximum Gasteiger partial charge on any atom is 0.265 e. The van der Waals surface area contributed by atoms with Gasteiger partial charge in [-0.1, -0.05) is 12.1 Å². The van der Waals surface area contributed by atoms with E-state index in [2.05, 4.69) is 9.97 Å². The summed E-state index contributed by atoms with van der Waals surface area (Å²) in [5, 5.41) is 19.9. The number of carbonyl (C=O) groups excluding carboxylic acids is 1. The summed E-state index contributed by atoms with van der Waals surface area (Å²) in [6, 6.07) is 7.55. The van der Waals surface area contributed by atoms with E-state index in [0.717, 1.165) is 16.1 Å². The second-order valence-corrected chi connectivity index (χ2v) is 10.3. The SMILES string of the molecule is CN(CCN(CCCO)C(=O)c1c(O)c2ncc(Cc3ccc(F)cc3)cc2[nH]c1=O)S(C)(=O)=O. The molecule has 188 valence electrons. The van der Waals surface area contributed by atoms with Gasteiger partial charge in [0.25, 0.3) is 11.5 Å². The first kappa shape index (κ1) is 26.3. The summed E-state index contributed by atoms with van der Waals surface area (Å²) in [5.41, 5.74) is 0.423. The number of amides is 1. The van der Waals surface area contributed by atoms with Crippen LogP contribution < -0.4 is 5.56 Å². The van der Waals surface area contributed by atoms with Crippen LogP contribution >= 0.6 is 0 Å². The van der Waals surface area contributed by atoms with Crippen LogP contribution in [0, 0.1) is 5.82 Å². The summed E-state index contributed by atoms with van der Waals surface area (Å²) in [5.74, 6) is -1.75. The number of hydrogen-bond acceptors (Lipinski definition) is 7. The lowest BCUT2D eigenvalue weighted by Gasteiger charge is -2.25. The van der Waals surface area contributed by atoms with Gasteiger partial charge in [0.2, 0.25) is 10.0 Å². The van der Waals surface area contributed by atoms with E-state index in [4.69, 9.17) is 0 Å². The zero-order chi connectivity index (χ0) is 25.8. The highest BCUT2D eigenvalue weighted by atomic mass is 32.2. The van der Waals surface area contributed by atoms with E-state index in [-0.39, 0.29) is 49.5 Å². The number of aliphatic hydroxyl groups is 1. The predicted octanol–water partition coefficient (Wildman–Crippen LogP) is 1.07. The van der Waals surface area contributed by atoms with E-state index < -0.39 is 32.8 Å². The fourth-order valence-electron chi connectivity index (χ4n) is 3.50. The molecule has 2 heterocycles. The van der Waals surface area contributed by atoms with Crippen molar-refractivity contribution in [3.05, 3.63) is 69.4 Å². The molecule has 3 rings (SSSR count). The van der Waals surface area contributed by atoms with Crippen LogP contribution in [0.4, 0.5) is 4.39 Å². The van der Waals surface area contributed by atoms with Gasteiger partial charge in [0.1, 0.15) is 16.9 Å². The van der Waals surface area contributed by atoms with Crippen LogP contribution in [-0.4, -0.2) is 83.3 Å². The number of likely N-dealkylation sites (N-methyl/N-ethyl adjacent to an activating group) is 1. The number of hydrogen-bond donors (Lipinski definition) is 3. The Kier molecular flexibility index (Phi) is 8.20. The van der Waals surface area contributed by atoms with E-state index in [1.165, 1.54) is 30.3 Å². The molecule has 0 bridgehead atoms. The summed E-state index contributed by atoms with van der Waals surface area (Å²) < 4.78 is 37.5. The molecule has 0 unspecified atom stereocenters. The third kappa shape index (κ3) is 6.41. The second kappa shape index (κ2) is 10.9. The Morgan fingerprint density at radius 1 is 1.14 bits per heavy atom. The van der Waals surface area contributed by atoms with E-state index in [0.29, 0.717) is 12.0 Å². The number of halogens is 1. The van der Waals surface area contributed by atoms with Crippen molar-refractivity contribution in [2.45, 2.75) is 12.8 Å². The van der Waals surface area contributed by atoms with Crippen molar-refractivity contribution in [3.8, 4) is 5.75 Å². The lowest BCUT2D eigenvalue weighted by atomic mass is 10.1. The molecule has 2 aromatic heterocycles. The molecule has 0 radical (unpaired) electrons. The molecule has 0 saturated carbocycles. The predicted molar refractivity (Wildman–Crippen MR) is 128 cm³/mol. The third-order valence-corrected chi connectivity index (χ3v) is 6.86. The van der Waals surface area contributed by atoms with Gasteiger partial charge in [0.15, 0.2) is 5.75 Å². The van der Waals surface area contributed by atoms with Crippen molar-refractivity contribution >= 4 is 27.0 Å². The van der Waals surface area contributed by atoms with Crippen molar-refractivity contribution in [1.29, 1.82) is 0 Å². The van der Waals surface area contributed by atoms with Crippen LogP contribution in [0.2, 0.25) is 0 Å². The minimum absolute atomic E-state index is 0.0196. The number of nitrogens with one attached hydrogen (secondary N) is 1. The summed E-state index contributed by atoms with van der Waals surface area (Å²) >= 11 is 0. The Morgan fingerprint density at radius 2 is 1.83 bits per heavy atom. The van der Waals surface area contributed by atoms with Gasteiger partial charge >= 0.3 is 0 Å². The third-order valence-electron chi connectivity index (χ3n) is 5.54. The number of pyridine rings is 2. The highest BCUT2D eigenvalue weighted by molar-refractivity contribution is 7.88. The normalized spacial score (nSPS) is 11.8. The molecular weight excluding hydrogens is 479 g/mol. The topological polar surface area (TPSA) is 144 Å². The molecular formula is C23H27FN4O6S. The summed E-state index contributed by atoms with van der Waals surface area (Å²) in [4.78, 5) is 34.0. The van der Waals surface area contributed by atoms with Crippen molar-refractivity contribution in [1.82, 2.24) is 19.2 Å². The first-order valence-electron chi connectivity index (χ1n) is 10.8. The molecule has 0 atom stereocenters. The van der Waals surface area contributed by atoms with Crippen LogP contribution in [-0.2, 0) is 16.4 Å². The van der Waals surface area contributed by atoms with Crippen molar-refractivity contribution < 1.29 is 27.8 Å². The number of benzene rings is 1. The number of sulfonamides is 1. The molecule has 3 aromatic rings. The number of carbonyl (C=O) groups is 1. The van der Waals surface area contributed by atoms with Crippen molar-refractivity contribution in [2.24, 2.45) is 0 Å². The van der Waals surface area contributed by atoms with Gasteiger partial charge in [-0.3, -0.25) is 14.6 Å². The van der Waals surface area contributed by atoms with Gasteiger partial charge in [0.05, 0.1) is 11.8 Å². The average Bonchev–Trinajstić information content (AvgIpc) is 2.79. The lowest BCUT2D eigenvalue weighted by molar-refractivity contribution is 0.0735. The molecule has 10 nitrogen and oxygen atoms in total. The maximum atomic E-state index is 13.2. The highest BCUT2D eigenvalue weighted by Crippen LogP contribution is 2.25. The lowest BCUT2D eigenvalue weighted by Crippen LogP contribution is -2.41. The number of aromatic hydroxyl groups is 1. The fraction of sp³-hybridized carbons (Fsp3) is 0.348. The van der Waals surface area contributed by atoms with Gasteiger partial charge < -0.3 is 20.1 Å². The number of aliphatic hydroxyl groups excluding tert-OH is 1. The summed E-state index contributed by atoms with van der Waals surface area (Å²) in [7, 11) is -2.12. The van der Waals surface area contributed by atoms with Gasteiger partial charge in [-0.15, -0.1) is 0 Å². The number of aromatic amines is 1. The molecule has 0 aliphatic carbocycles. The minimum Gasteiger partial charge on any atom is -0.505 e. The smallest absolute Gasteiger partial charge is 0.265 e. The number of H-pyrrole nitrogens is 1. The van der Waals surface area contributed by atoms with Gasteiger partial charge in [-0.05, 0) is 42.2 Å². The summed E-state index contributed by atoms with van der Waals surface area (Å²) in [6.07, 6.45) is 3.13. The zero-order valence-electron chi connectivity index (χ0n) is 19.4. The van der Waals surface area contributed by atoms with Crippen LogP contribution in [0.3, 0.4) is 0 Å². The molecule has 0 aliphatic heterocycles. The standard InChI is InChI=1S/C23H27FN4O6S/c1-27(35(2,33)34)9-10-28(8-3-11-29)23(32)19-21(30)20-18(26-22(19)31)13-16(14-25-20)12-15-4-6-17(24)7-5-15/h4-7,13-14,29H,3,8-12H2,1-2H3,(H2,26,30,31). The minimum atomic E-state index is -3.48. The number of rotatable bonds is 10. The van der Waals surface area contributed by atoms with E-state index in [1.807, 2.05) is 0 Å². The van der Waals surface area contributed by atoms with Crippen molar-refractivity contribution in [3.63, 3.8) is 0 Å². The fourth-order valence-corrected chi connectivity index (χ4v) is 3.91. The molecule has 1 aromatic carbocycles. The Labute approximate surface area is 201 Å². The zero-order valence-corrected chi connectivity index (χ0v) is 20.2. The Balaban J connectivity index is 1.91. The van der Waals surface area contributed by atoms with Crippen molar-refractivity contribution in [2.75, 3.05) is 39.5 Å². The van der Waals surface area contributed by atoms with Crippen LogP contribution in [0.15, 0.2) is 41.3 Å². The molecule has 0 fully saturated rings. The Bertz CT molecular complexity index is 1380. The van der Waals surface area contributed by atoms with Gasteiger partial charge in [0, 0.05) is 39.5 Å². The second-order valence-electron chi connectivity index (χ2n) is 8.17. The molecule has 3 N–H and O–H groups in total. The molecule has 12 heteroatoms. The molecule has 0 saturated heterocycles. The average molecular weight is 507 g/mol. The Morgan fingerprint density at radius 3 is 2.46 bits per heavy atom. The van der Waals surface area contributed by atoms with Crippen LogP contribution in [0.1, 0.15) is 27.9 Å². The van der Waals surface area contributed by atoms with Crippen LogP contribution in [0.5, 0.6) is 5.75 Å². The summed E-state index contributed by atoms with van der Waals surface area (Å²) in [6.45, 7) is -0.255. The van der Waals surface area contributed by atoms with E-state index in [9.17, 15) is 32.6 Å². The number of nitrogens with zero attached hydrogens (tertiary/aromatic N) is 3. The molecule has 0 aliphatic rings. The first-order chi connectivity index (χ1) is 16.5. The van der Waals surface area contributed by atoms with Gasteiger partial charge in [-0.2, -0.15) is 0 Å². The molecule has 35 heavy (non-hydrogen) atoms. The monoisotopic (exact) mass is 506 g/mol. The number of fused-ring (bicyclic) bond motifs is 1. The quantitative estimate of drug-likeness (QED) is 0.373. The maximum absolute atomic E-state index is 13.2. The first-order valence-corrected chi connectivity index (χ1v) is 12.7. The van der Waals surface area contributed by atoms with Gasteiger partial charge in [-0.25, -0.2) is 17.1 Å². The highest BCUT2D eigenvalue weighted by Gasteiger charge is 2.26.